The highest BCUT2D eigenvalue weighted by molar-refractivity contribution is 7.82. The van der Waals surface area contributed by atoms with Crippen LogP contribution in [-0.2, 0) is 4.79 Å². The number of aliphatic hydroxyl groups is 1. The number of thiocarbonyl (C=S) groups is 1. The zero-order chi connectivity index (χ0) is 15.7. The number of Topliss-reactive ketones (excluding diaryl/α,β-unsaturated/α-hetero) is 1. The fourth-order valence-electron chi connectivity index (χ4n) is 6.92. The van der Waals surface area contributed by atoms with E-state index in [4.69, 9.17) is 12.2 Å². The highest BCUT2D eigenvalue weighted by Gasteiger charge is 2.60. The SMILES string of the molecule is C[C@]12CC[C@H]3[C@@H](CCC4C(=S)C(=O)CC[C@@]43C)[C@@H]1CC[C@@H]2O. The number of aliphatic hydroxyl groups excluding tert-OH is 1. The molecule has 3 heteroatoms. The number of ketones is 1. The van der Waals surface area contributed by atoms with Crippen LogP contribution in [0.5, 0.6) is 0 Å². The van der Waals surface area contributed by atoms with E-state index in [1.807, 2.05) is 0 Å². The molecule has 0 bridgehead atoms. The van der Waals surface area contributed by atoms with Crippen molar-refractivity contribution in [1.29, 1.82) is 0 Å². The van der Waals surface area contributed by atoms with Crippen LogP contribution in [0, 0.1) is 34.5 Å². The molecule has 0 heterocycles. The maximum absolute atomic E-state index is 12.1. The molecule has 0 aromatic heterocycles. The Morgan fingerprint density at radius 1 is 1.00 bits per heavy atom. The lowest BCUT2D eigenvalue weighted by Gasteiger charge is -2.59. The van der Waals surface area contributed by atoms with Crippen LogP contribution in [0.2, 0.25) is 0 Å². The Labute approximate surface area is 139 Å². The minimum absolute atomic E-state index is 0.0991. The molecule has 0 spiro atoms. The molecule has 2 nitrogen and oxygen atoms in total. The van der Waals surface area contributed by atoms with Gasteiger partial charge in [0.15, 0.2) is 5.78 Å². The quantitative estimate of drug-likeness (QED) is 0.687. The molecule has 4 saturated carbocycles. The van der Waals surface area contributed by atoms with Crippen LogP contribution < -0.4 is 0 Å². The van der Waals surface area contributed by atoms with Gasteiger partial charge in [0.2, 0.25) is 0 Å². The molecule has 0 aromatic carbocycles. The highest BCUT2D eigenvalue weighted by atomic mass is 32.1. The molecule has 0 amide bonds. The fraction of sp³-hybridized carbons (Fsp3) is 0.895. The average Bonchev–Trinajstić information content (AvgIpc) is 2.79. The van der Waals surface area contributed by atoms with Crippen LogP contribution in [0.15, 0.2) is 0 Å². The zero-order valence-corrected chi connectivity index (χ0v) is 14.6. The van der Waals surface area contributed by atoms with Gasteiger partial charge in [0.05, 0.1) is 11.0 Å². The van der Waals surface area contributed by atoms with Crippen molar-refractivity contribution in [2.45, 2.75) is 71.3 Å². The summed E-state index contributed by atoms with van der Waals surface area (Å²) in [6.07, 6.45) is 8.48. The highest BCUT2D eigenvalue weighted by Crippen LogP contribution is 2.65. The first-order chi connectivity index (χ1) is 10.4. The Morgan fingerprint density at radius 3 is 2.50 bits per heavy atom. The van der Waals surface area contributed by atoms with Crippen LogP contribution in [0.25, 0.3) is 0 Å². The van der Waals surface area contributed by atoms with Gasteiger partial charge in [-0.2, -0.15) is 0 Å². The van der Waals surface area contributed by atoms with Crippen LogP contribution >= 0.6 is 12.2 Å². The van der Waals surface area contributed by atoms with Crippen molar-refractivity contribution in [3.8, 4) is 0 Å². The molecule has 4 rings (SSSR count). The molecule has 4 aliphatic rings. The second-order valence-corrected chi connectivity index (χ2v) is 9.38. The van der Waals surface area contributed by atoms with Gasteiger partial charge in [-0.05, 0) is 73.5 Å². The van der Waals surface area contributed by atoms with Crippen molar-refractivity contribution in [3.05, 3.63) is 0 Å². The summed E-state index contributed by atoms with van der Waals surface area (Å²) in [6, 6.07) is 0. The van der Waals surface area contributed by atoms with Crippen molar-refractivity contribution >= 4 is 22.9 Å². The average molecular weight is 320 g/mol. The van der Waals surface area contributed by atoms with Crippen LogP contribution in [0.4, 0.5) is 0 Å². The summed E-state index contributed by atoms with van der Waals surface area (Å²) in [7, 11) is 0. The first kappa shape index (κ1) is 15.3. The van der Waals surface area contributed by atoms with Gasteiger partial charge in [0.25, 0.3) is 0 Å². The van der Waals surface area contributed by atoms with Gasteiger partial charge in [0, 0.05) is 12.3 Å². The van der Waals surface area contributed by atoms with Gasteiger partial charge in [-0.1, -0.05) is 26.1 Å². The Kier molecular flexibility index (Phi) is 3.37. The second kappa shape index (κ2) is 4.86. The molecule has 22 heavy (non-hydrogen) atoms. The molecular weight excluding hydrogens is 292 g/mol. The van der Waals surface area contributed by atoms with Crippen molar-refractivity contribution < 1.29 is 9.90 Å². The third kappa shape index (κ3) is 1.81. The van der Waals surface area contributed by atoms with E-state index >= 15 is 0 Å². The number of hydrogen-bond acceptors (Lipinski definition) is 3. The maximum atomic E-state index is 12.1. The minimum atomic E-state index is -0.0991. The van der Waals surface area contributed by atoms with Crippen molar-refractivity contribution in [3.63, 3.8) is 0 Å². The predicted octanol–water partition coefficient (Wildman–Crippen LogP) is 3.94. The Bertz CT molecular complexity index is 530. The molecular formula is C19H28O2S. The largest absolute Gasteiger partial charge is 0.393 e. The van der Waals surface area contributed by atoms with E-state index < -0.39 is 0 Å². The van der Waals surface area contributed by atoms with Crippen LogP contribution in [0.1, 0.15) is 65.2 Å². The fourth-order valence-corrected chi connectivity index (χ4v) is 7.41. The van der Waals surface area contributed by atoms with Gasteiger partial charge in [0.1, 0.15) is 0 Å². The second-order valence-electron chi connectivity index (χ2n) is 8.94. The maximum Gasteiger partial charge on any atom is 0.169 e. The summed E-state index contributed by atoms with van der Waals surface area (Å²) in [5.41, 5.74) is 0.387. The van der Waals surface area contributed by atoms with E-state index in [2.05, 4.69) is 13.8 Å². The molecule has 4 aliphatic carbocycles. The Morgan fingerprint density at radius 2 is 1.73 bits per heavy atom. The summed E-state index contributed by atoms with van der Waals surface area (Å²) in [4.78, 5) is 12.8. The summed E-state index contributed by atoms with van der Waals surface area (Å²) in [5, 5.41) is 10.5. The minimum Gasteiger partial charge on any atom is -0.393 e. The van der Waals surface area contributed by atoms with Gasteiger partial charge < -0.3 is 5.11 Å². The monoisotopic (exact) mass is 320 g/mol. The van der Waals surface area contributed by atoms with Gasteiger partial charge in [-0.3, -0.25) is 4.79 Å². The zero-order valence-electron chi connectivity index (χ0n) is 13.8. The van der Waals surface area contributed by atoms with E-state index in [0.29, 0.717) is 24.2 Å². The normalized spacial score (nSPS) is 54.6. The molecule has 1 unspecified atom stereocenters. The third-order valence-corrected chi connectivity index (χ3v) is 8.81. The summed E-state index contributed by atoms with van der Waals surface area (Å²) in [5.74, 6) is 2.73. The number of carbonyl (C=O) groups is 1. The summed E-state index contributed by atoms with van der Waals surface area (Å²) >= 11 is 5.54. The Balaban J connectivity index is 1.67. The van der Waals surface area contributed by atoms with E-state index in [-0.39, 0.29) is 22.7 Å². The molecule has 1 N–H and O–H groups in total. The third-order valence-electron chi connectivity index (χ3n) is 8.30. The van der Waals surface area contributed by atoms with E-state index in [1.165, 1.54) is 19.3 Å². The van der Waals surface area contributed by atoms with Gasteiger partial charge >= 0.3 is 0 Å². The first-order valence-corrected chi connectivity index (χ1v) is 9.54. The molecule has 0 aliphatic heterocycles. The van der Waals surface area contributed by atoms with Crippen LogP contribution in [-0.4, -0.2) is 21.9 Å². The lowest BCUT2D eigenvalue weighted by atomic mass is 9.45. The van der Waals surface area contributed by atoms with Crippen molar-refractivity contribution in [2.24, 2.45) is 34.5 Å². The molecule has 0 radical (unpaired) electrons. The number of fused-ring (bicyclic) bond motifs is 5. The van der Waals surface area contributed by atoms with Crippen LogP contribution in [0.3, 0.4) is 0 Å². The number of rotatable bonds is 0. The molecule has 0 aromatic rings. The van der Waals surface area contributed by atoms with Gasteiger partial charge in [-0.25, -0.2) is 0 Å². The standard InChI is InChI=1S/C19H28O2S/c1-18-10-8-15(20)17(22)14(18)4-3-11-12-5-6-16(21)19(12,2)9-7-13(11)18/h11-14,16,21H,3-10H2,1-2H3/t11-,12-,13-,14?,16-,18+,19-/m0/s1. The van der Waals surface area contributed by atoms with Crippen molar-refractivity contribution in [2.75, 3.05) is 0 Å². The Hall–Kier alpha value is -0.280. The smallest absolute Gasteiger partial charge is 0.169 e. The lowest BCUT2D eigenvalue weighted by Crippen LogP contribution is -2.56. The molecule has 122 valence electrons. The van der Waals surface area contributed by atoms with Crippen molar-refractivity contribution in [1.82, 2.24) is 0 Å². The predicted molar refractivity (Wildman–Crippen MR) is 90.7 cm³/mol. The lowest BCUT2D eigenvalue weighted by molar-refractivity contribution is -0.123. The number of hydrogen-bond donors (Lipinski definition) is 1. The molecule has 4 fully saturated rings. The summed E-state index contributed by atoms with van der Waals surface area (Å²) in [6.45, 7) is 4.75. The number of carbonyl (C=O) groups excluding carboxylic acids is 1. The molecule has 0 saturated heterocycles. The van der Waals surface area contributed by atoms with E-state index in [9.17, 15) is 9.90 Å². The van der Waals surface area contributed by atoms with Gasteiger partial charge in [-0.15, -0.1) is 0 Å². The topological polar surface area (TPSA) is 37.3 Å². The van der Waals surface area contributed by atoms with E-state index in [0.717, 1.165) is 36.5 Å². The van der Waals surface area contributed by atoms with E-state index in [1.54, 1.807) is 0 Å². The first-order valence-electron chi connectivity index (χ1n) is 9.13. The molecule has 7 atom stereocenters. The summed E-state index contributed by atoms with van der Waals surface area (Å²) < 4.78 is 0.